The van der Waals surface area contributed by atoms with E-state index in [0.717, 1.165) is 6.42 Å². The zero-order valence-corrected chi connectivity index (χ0v) is 11.4. The van der Waals surface area contributed by atoms with Gasteiger partial charge in [-0.15, -0.1) is 0 Å². The Kier molecular flexibility index (Phi) is 3.84. The number of ether oxygens (including phenoxy) is 1. The maximum absolute atomic E-state index is 11.5. The van der Waals surface area contributed by atoms with Crippen LogP contribution in [0.1, 0.15) is 53.9 Å². The summed E-state index contributed by atoms with van der Waals surface area (Å²) in [7, 11) is 0. The number of hydrogen-bond donors (Lipinski definition) is 1. The van der Waals surface area contributed by atoms with E-state index in [4.69, 9.17) is 4.74 Å². The van der Waals surface area contributed by atoms with Gasteiger partial charge >= 0.3 is 5.97 Å². The van der Waals surface area contributed by atoms with Gasteiger partial charge in [-0.1, -0.05) is 13.8 Å². The molecule has 1 saturated carbocycles. The molecule has 1 aliphatic rings. The van der Waals surface area contributed by atoms with E-state index in [9.17, 15) is 9.59 Å². The van der Waals surface area contributed by atoms with Crippen LogP contribution in [0.5, 0.6) is 0 Å². The predicted molar refractivity (Wildman–Crippen MR) is 65.4 cm³/mol. The van der Waals surface area contributed by atoms with Crippen LogP contribution in [0, 0.1) is 5.41 Å². The fourth-order valence-electron chi connectivity index (χ4n) is 1.59. The third-order valence-corrected chi connectivity index (χ3v) is 2.82. The van der Waals surface area contributed by atoms with Gasteiger partial charge in [-0.3, -0.25) is 9.59 Å². The molecule has 0 aliphatic heterocycles. The summed E-state index contributed by atoms with van der Waals surface area (Å²) in [5.74, 6) is -0.380. The van der Waals surface area contributed by atoms with Crippen molar-refractivity contribution in [3.05, 3.63) is 0 Å². The number of nitrogens with one attached hydrogen (secondary N) is 1. The van der Waals surface area contributed by atoms with E-state index >= 15 is 0 Å². The highest BCUT2D eigenvalue weighted by Crippen LogP contribution is 2.44. The lowest BCUT2D eigenvalue weighted by Crippen LogP contribution is -2.30. The molecular formula is C13H23NO3. The Morgan fingerprint density at radius 3 is 2.24 bits per heavy atom. The van der Waals surface area contributed by atoms with Crippen LogP contribution >= 0.6 is 0 Å². The van der Waals surface area contributed by atoms with Crippen molar-refractivity contribution in [1.82, 2.24) is 5.32 Å². The van der Waals surface area contributed by atoms with Crippen molar-refractivity contribution in [1.29, 1.82) is 0 Å². The third kappa shape index (κ3) is 5.20. The minimum absolute atomic E-state index is 0.0635. The molecule has 0 bridgehead atoms. The summed E-state index contributed by atoms with van der Waals surface area (Å²) in [6.07, 6.45) is 1.38. The van der Waals surface area contributed by atoms with E-state index in [1.54, 1.807) is 0 Å². The van der Waals surface area contributed by atoms with Crippen LogP contribution in [0.2, 0.25) is 0 Å². The Balaban J connectivity index is 2.18. The van der Waals surface area contributed by atoms with E-state index in [0.29, 0.717) is 0 Å². The fourth-order valence-corrected chi connectivity index (χ4v) is 1.59. The van der Waals surface area contributed by atoms with Crippen LogP contribution < -0.4 is 5.32 Å². The Labute approximate surface area is 103 Å². The van der Waals surface area contributed by atoms with Crippen molar-refractivity contribution in [2.45, 2.75) is 65.5 Å². The molecule has 0 aromatic rings. The van der Waals surface area contributed by atoms with Gasteiger partial charge in [0.15, 0.2) is 0 Å². The summed E-state index contributed by atoms with van der Waals surface area (Å²) in [5, 5.41) is 2.92. The number of amides is 1. The summed E-state index contributed by atoms with van der Waals surface area (Å²) in [6, 6.07) is 0.272. The van der Waals surface area contributed by atoms with Crippen LogP contribution in [0.4, 0.5) is 0 Å². The smallest absolute Gasteiger partial charge is 0.306 e. The van der Waals surface area contributed by atoms with Crippen molar-refractivity contribution in [3.63, 3.8) is 0 Å². The number of esters is 1. The molecule has 0 spiro atoms. The predicted octanol–water partition coefficient (Wildman–Crippen LogP) is 2.02. The molecule has 1 atom stereocenters. The highest BCUT2D eigenvalue weighted by molar-refractivity contribution is 5.81. The molecule has 4 nitrogen and oxygen atoms in total. The van der Waals surface area contributed by atoms with Gasteiger partial charge in [0.25, 0.3) is 0 Å². The number of rotatable bonds is 4. The number of carbonyl (C=O) groups excluding carboxylic acids is 2. The molecule has 1 amide bonds. The second-order valence-electron chi connectivity index (χ2n) is 6.40. The molecule has 1 N–H and O–H groups in total. The molecule has 0 aromatic carbocycles. The summed E-state index contributed by atoms with van der Waals surface area (Å²) in [5.41, 5.74) is -0.256. The average Bonchev–Trinajstić information content (AvgIpc) is 2.67. The zero-order chi connectivity index (χ0) is 13.3. The van der Waals surface area contributed by atoms with Gasteiger partial charge in [-0.05, 0) is 32.6 Å². The zero-order valence-electron chi connectivity index (χ0n) is 11.4. The summed E-state index contributed by atoms with van der Waals surface area (Å²) < 4.78 is 5.13. The summed E-state index contributed by atoms with van der Waals surface area (Å²) in [6.45, 7) is 9.69. The van der Waals surface area contributed by atoms with Gasteiger partial charge in [0.05, 0.1) is 6.42 Å². The van der Waals surface area contributed by atoms with Crippen molar-refractivity contribution < 1.29 is 14.3 Å². The SMILES string of the molecule is CC(C)(C)OC(=O)CCC(=O)NC1CC1(C)C. The first-order valence-electron chi connectivity index (χ1n) is 6.11. The molecule has 1 rings (SSSR count). The number of hydrogen-bond acceptors (Lipinski definition) is 3. The van der Waals surface area contributed by atoms with Crippen molar-refractivity contribution in [2.24, 2.45) is 5.41 Å². The lowest BCUT2D eigenvalue weighted by atomic mass is 10.2. The number of carbonyl (C=O) groups is 2. The molecule has 0 heterocycles. The first-order valence-corrected chi connectivity index (χ1v) is 6.11. The Morgan fingerprint density at radius 1 is 1.29 bits per heavy atom. The van der Waals surface area contributed by atoms with E-state index in [1.807, 2.05) is 20.8 Å². The third-order valence-electron chi connectivity index (χ3n) is 2.82. The first kappa shape index (κ1) is 14.0. The topological polar surface area (TPSA) is 55.4 Å². The Morgan fingerprint density at radius 2 is 1.82 bits per heavy atom. The van der Waals surface area contributed by atoms with Crippen LogP contribution in [-0.4, -0.2) is 23.5 Å². The van der Waals surface area contributed by atoms with Crippen LogP contribution in [0.15, 0.2) is 0 Å². The molecule has 0 saturated heterocycles. The standard InChI is InChI=1S/C13H23NO3/c1-12(2,3)17-11(16)7-6-10(15)14-9-8-13(9,4)5/h9H,6-8H2,1-5H3,(H,14,15). The Bertz CT molecular complexity index is 315. The molecule has 98 valence electrons. The van der Waals surface area contributed by atoms with Crippen molar-refractivity contribution >= 4 is 11.9 Å². The second kappa shape index (κ2) is 4.67. The minimum Gasteiger partial charge on any atom is -0.460 e. The second-order valence-corrected chi connectivity index (χ2v) is 6.40. The van der Waals surface area contributed by atoms with Gasteiger partial charge in [0, 0.05) is 12.5 Å². The van der Waals surface area contributed by atoms with Gasteiger partial charge < -0.3 is 10.1 Å². The highest BCUT2D eigenvalue weighted by atomic mass is 16.6. The van der Waals surface area contributed by atoms with E-state index in [2.05, 4.69) is 19.2 Å². The van der Waals surface area contributed by atoms with E-state index in [-0.39, 0.29) is 36.2 Å². The van der Waals surface area contributed by atoms with E-state index < -0.39 is 5.60 Å². The molecule has 4 heteroatoms. The van der Waals surface area contributed by atoms with Crippen LogP contribution in [-0.2, 0) is 14.3 Å². The largest absolute Gasteiger partial charge is 0.460 e. The van der Waals surface area contributed by atoms with Crippen LogP contribution in [0.3, 0.4) is 0 Å². The molecule has 1 fully saturated rings. The molecule has 17 heavy (non-hydrogen) atoms. The van der Waals surface area contributed by atoms with Crippen LogP contribution in [0.25, 0.3) is 0 Å². The van der Waals surface area contributed by atoms with Gasteiger partial charge in [-0.25, -0.2) is 0 Å². The lowest BCUT2D eigenvalue weighted by molar-refractivity contribution is -0.155. The quantitative estimate of drug-likeness (QED) is 0.766. The molecule has 1 unspecified atom stereocenters. The van der Waals surface area contributed by atoms with Gasteiger partial charge in [0.1, 0.15) is 5.60 Å². The average molecular weight is 241 g/mol. The normalized spacial score (nSPS) is 21.8. The lowest BCUT2D eigenvalue weighted by Gasteiger charge is -2.19. The first-order chi connectivity index (χ1) is 7.60. The maximum atomic E-state index is 11.5. The Hall–Kier alpha value is -1.06. The van der Waals surface area contributed by atoms with E-state index in [1.165, 1.54) is 0 Å². The molecule has 0 aromatic heterocycles. The van der Waals surface area contributed by atoms with Crippen molar-refractivity contribution in [2.75, 3.05) is 0 Å². The maximum Gasteiger partial charge on any atom is 0.306 e. The molecule has 1 aliphatic carbocycles. The summed E-state index contributed by atoms with van der Waals surface area (Å²) in [4.78, 5) is 22.9. The van der Waals surface area contributed by atoms with Gasteiger partial charge in [0.2, 0.25) is 5.91 Å². The minimum atomic E-state index is -0.480. The summed E-state index contributed by atoms with van der Waals surface area (Å²) >= 11 is 0. The van der Waals surface area contributed by atoms with Gasteiger partial charge in [-0.2, -0.15) is 0 Å². The molecular weight excluding hydrogens is 218 g/mol. The monoisotopic (exact) mass is 241 g/mol. The fraction of sp³-hybridized carbons (Fsp3) is 0.846. The van der Waals surface area contributed by atoms with Crippen molar-refractivity contribution in [3.8, 4) is 0 Å². The molecule has 0 radical (unpaired) electrons. The highest BCUT2D eigenvalue weighted by Gasteiger charge is 2.46.